The number of hydrogen-bond donors (Lipinski definition) is 0. The largest absolute Gasteiger partial charge is 0.282 e. The quantitative estimate of drug-likeness (QED) is 0.365. The van der Waals surface area contributed by atoms with E-state index in [2.05, 4.69) is 4.98 Å². The number of nitrogens with zero attached hydrogens (tertiary/aromatic N) is 3. The Morgan fingerprint density at radius 2 is 1.77 bits per heavy atom. The first kappa shape index (κ1) is 23.5. The second-order valence-corrected chi connectivity index (χ2v) is 11.1. The van der Waals surface area contributed by atoms with Crippen LogP contribution in [-0.4, -0.2) is 36.2 Å². The Bertz CT molecular complexity index is 1480. The van der Waals surface area contributed by atoms with Gasteiger partial charge in [-0.3, -0.25) is 9.69 Å². The molecule has 4 aromatic rings. The number of amides is 1. The lowest BCUT2D eigenvalue weighted by Gasteiger charge is -2.28. The topological polar surface area (TPSA) is 70.6 Å². The number of fused-ring (bicyclic) bond motifs is 1. The second kappa shape index (κ2) is 9.44. The van der Waals surface area contributed by atoms with Crippen molar-refractivity contribution in [2.24, 2.45) is 0 Å². The van der Waals surface area contributed by atoms with Crippen LogP contribution in [0.1, 0.15) is 18.4 Å². The molecule has 0 saturated carbocycles. The summed E-state index contributed by atoms with van der Waals surface area (Å²) < 4.78 is 56.2. The van der Waals surface area contributed by atoms with Crippen molar-refractivity contribution in [3.63, 3.8) is 0 Å². The number of hydrogen-bond acceptors (Lipinski definition) is 5. The smallest absolute Gasteiger partial charge is 0.247 e. The molecule has 1 atom stereocenters. The second-order valence-electron chi connectivity index (χ2n) is 8.22. The zero-order valence-electron chi connectivity index (χ0n) is 18.5. The van der Waals surface area contributed by atoms with Gasteiger partial charge in [-0.05, 0) is 54.8 Å². The molecule has 0 spiro atoms. The van der Waals surface area contributed by atoms with E-state index in [-0.39, 0.29) is 23.5 Å². The summed E-state index contributed by atoms with van der Waals surface area (Å²) in [7, 11) is -4.03. The normalized spacial score (nSPS) is 16.6. The molecule has 0 aliphatic carbocycles. The Kier molecular flexibility index (Phi) is 6.35. The molecule has 3 aromatic carbocycles. The monoisotopic (exact) mass is 513 g/mol. The molecule has 1 aliphatic rings. The van der Waals surface area contributed by atoms with Crippen molar-refractivity contribution in [1.29, 1.82) is 0 Å². The summed E-state index contributed by atoms with van der Waals surface area (Å²) in [5.74, 6) is -1.47. The van der Waals surface area contributed by atoms with Crippen LogP contribution in [0.3, 0.4) is 0 Å². The fraction of sp³-hybridized carbons (Fsp3) is 0.200. The maximum absolute atomic E-state index is 14.4. The third kappa shape index (κ3) is 4.56. The molecule has 5 rings (SSSR count). The first-order valence-electron chi connectivity index (χ1n) is 11.0. The molecule has 1 aromatic heterocycles. The van der Waals surface area contributed by atoms with Crippen LogP contribution in [0.5, 0.6) is 0 Å². The number of thiazole rings is 1. The lowest BCUT2D eigenvalue weighted by atomic mass is 10.1. The summed E-state index contributed by atoms with van der Waals surface area (Å²) in [6.45, 7) is 0.325. The molecule has 1 saturated heterocycles. The minimum Gasteiger partial charge on any atom is -0.282 e. The van der Waals surface area contributed by atoms with E-state index in [1.54, 1.807) is 12.1 Å². The van der Waals surface area contributed by atoms with Gasteiger partial charge < -0.3 is 0 Å². The average molecular weight is 514 g/mol. The molecule has 0 N–H and O–H groups in total. The SMILES string of the molecule is O=C(C1CCCN1S(=O)(=O)c1ccc(F)cc1)N(Cc1ccccc1)c1nc2c(F)cccc2s1. The van der Waals surface area contributed by atoms with Crippen molar-refractivity contribution >= 4 is 42.6 Å². The first-order chi connectivity index (χ1) is 16.8. The third-order valence-electron chi connectivity index (χ3n) is 5.95. The molecular formula is C25H21F2N3O3S2. The van der Waals surface area contributed by atoms with Crippen molar-refractivity contribution in [3.05, 3.63) is 90.0 Å². The van der Waals surface area contributed by atoms with Gasteiger partial charge in [-0.1, -0.05) is 47.7 Å². The van der Waals surface area contributed by atoms with Gasteiger partial charge in [0, 0.05) is 6.54 Å². The van der Waals surface area contributed by atoms with Gasteiger partial charge in [0.05, 0.1) is 16.1 Å². The number of rotatable bonds is 6. The molecule has 10 heteroatoms. The van der Waals surface area contributed by atoms with Crippen LogP contribution in [0, 0.1) is 11.6 Å². The minimum absolute atomic E-state index is 0.0738. The highest BCUT2D eigenvalue weighted by molar-refractivity contribution is 7.89. The molecule has 0 radical (unpaired) electrons. The summed E-state index contributed by atoms with van der Waals surface area (Å²) in [5.41, 5.74) is 0.993. The maximum Gasteiger partial charge on any atom is 0.247 e. The Labute approximate surface area is 205 Å². The van der Waals surface area contributed by atoms with Crippen LogP contribution in [0.4, 0.5) is 13.9 Å². The molecule has 0 bridgehead atoms. The Hall–Kier alpha value is -3.21. The Balaban J connectivity index is 1.53. The summed E-state index contributed by atoms with van der Waals surface area (Å²) in [6, 6.07) is 17.5. The molecule has 180 valence electrons. The number of halogens is 2. The van der Waals surface area contributed by atoms with Gasteiger partial charge in [0.1, 0.15) is 23.2 Å². The molecule has 35 heavy (non-hydrogen) atoms. The van der Waals surface area contributed by atoms with Crippen molar-refractivity contribution in [3.8, 4) is 0 Å². The van der Waals surface area contributed by atoms with E-state index in [0.29, 0.717) is 22.7 Å². The zero-order chi connectivity index (χ0) is 24.6. The molecule has 1 unspecified atom stereocenters. The number of para-hydroxylation sites is 1. The van der Waals surface area contributed by atoms with Gasteiger partial charge in [0.2, 0.25) is 15.9 Å². The molecule has 6 nitrogen and oxygen atoms in total. The highest BCUT2D eigenvalue weighted by Gasteiger charge is 2.42. The highest BCUT2D eigenvalue weighted by Crippen LogP contribution is 2.34. The first-order valence-corrected chi connectivity index (χ1v) is 13.3. The fourth-order valence-corrected chi connectivity index (χ4v) is 6.86. The Morgan fingerprint density at radius 1 is 1.03 bits per heavy atom. The van der Waals surface area contributed by atoms with Gasteiger partial charge in [-0.25, -0.2) is 22.2 Å². The van der Waals surface area contributed by atoms with E-state index in [0.717, 1.165) is 17.7 Å². The van der Waals surface area contributed by atoms with E-state index in [4.69, 9.17) is 0 Å². The number of carbonyl (C=O) groups is 1. The number of sulfonamides is 1. The summed E-state index contributed by atoms with van der Waals surface area (Å²) in [4.78, 5) is 19.6. The van der Waals surface area contributed by atoms with Crippen LogP contribution in [-0.2, 0) is 21.4 Å². The van der Waals surface area contributed by atoms with Gasteiger partial charge in [-0.15, -0.1) is 0 Å². The predicted octanol–water partition coefficient (Wildman–Crippen LogP) is 4.96. The van der Waals surface area contributed by atoms with Crippen molar-refractivity contribution in [2.75, 3.05) is 11.4 Å². The van der Waals surface area contributed by atoms with E-state index in [1.807, 2.05) is 30.3 Å². The average Bonchev–Trinajstić information content (AvgIpc) is 3.52. The standard InChI is InChI=1S/C25H21F2N3O3S2/c26-18-11-13-19(14-12-18)35(32,33)30-15-5-9-21(30)24(31)29(16-17-6-2-1-3-7-17)25-28-23-20(27)8-4-10-22(23)34-25/h1-4,6-8,10-14,21H,5,9,15-16H2. The fourth-order valence-electron chi connectivity index (χ4n) is 4.22. The number of carbonyl (C=O) groups excluding carboxylic acids is 1. The van der Waals surface area contributed by atoms with Crippen LogP contribution in [0.2, 0.25) is 0 Å². The summed E-state index contributed by atoms with van der Waals surface area (Å²) in [5, 5.41) is 0.296. The van der Waals surface area contributed by atoms with Crippen LogP contribution in [0.25, 0.3) is 10.2 Å². The molecule has 2 heterocycles. The Morgan fingerprint density at radius 3 is 2.49 bits per heavy atom. The van der Waals surface area contributed by atoms with Crippen molar-refractivity contribution < 1.29 is 22.0 Å². The van der Waals surface area contributed by atoms with Crippen LogP contribution in [0.15, 0.2) is 77.7 Å². The summed E-state index contributed by atoms with van der Waals surface area (Å²) in [6.07, 6.45) is 0.842. The highest BCUT2D eigenvalue weighted by atomic mass is 32.2. The number of benzene rings is 3. The van der Waals surface area contributed by atoms with Gasteiger partial charge in [0.25, 0.3) is 0 Å². The van der Waals surface area contributed by atoms with Gasteiger partial charge >= 0.3 is 0 Å². The van der Waals surface area contributed by atoms with Gasteiger partial charge in [-0.2, -0.15) is 4.31 Å². The number of anilines is 1. The lowest BCUT2D eigenvalue weighted by Crippen LogP contribution is -2.47. The zero-order valence-corrected chi connectivity index (χ0v) is 20.1. The van der Waals surface area contributed by atoms with E-state index < -0.39 is 33.6 Å². The van der Waals surface area contributed by atoms with E-state index in [1.165, 1.54) is 38.7 Å². The third-order valence-corrected chi connectivity index (χ3v) is 8.91. The van der Waals surface area contributed by atoms with Crippen molar-refractivity contribution in [2.45, 2.75) is 30.3 Å². The molecule has 1 aliphatic heterocycles. The molecule has 1 amide bonds. The van der Waals surface area contributed by atoms with Crippen LogP contribution >= 0.6 is 11.3 Å². The van der Waals surface area contributed by atoms with Gasteiger partial charge in [0.15, 0.2) is 5.13 Å². The van der Waals surface area contributed by atoms with Crippen molar-refractivity contribution in [1.82, 2.24) is 9.29 Å². The maximum atomic E-state index is 14.4. The predicted molar refractivity (Wildman–Crippen MR) is 131 cm³/mol. The minimum atomic E-state index is -4.03. The van der Waals surface area contributed by atoms with Crippen LogP contribution < -0.4 is 4.90 Å². The van der Waals surface area contributed by atoms with E-state index >= 15 is 0 Å². The summed E-state index contributed by atoms with van der Waals surface area (Å²) >= 11 is 1.18. The molecule has 1 fully saturated rings. The lowest BCUT2D eigenvalue weighted by molar-refractivity contribution is -0.121. The van der Waals surface area contributed by atoms with E-state index in [9.17, 15) is 22.0 Å². The molecular weight excluding hydrogens is 492 g/mol. The number of aromatic nitrogens is 1.